The zero-order valence-electron chi connectivity index (χ0n) is 9.16. The van der Waals surface area contributed by atoms with E-state index in [4.69, 9.17) is 0 Å². The Bertz CT molecular complexity index is 519. The summed E-state index contributed by atoms with van der Waals surface area (Å²) in [6.45, 7) is 3.79. The summed E-state index contributed by atoms with van der Waals surface area (Å²) in [5.41, 5.74) is 1.44. The molecule has 2 aromatic heterocycles. The molecule has 2 rings (SSSR count). The summed E-state index contributed by atoms with van der Waals surface area (Å²) in [4.78, 5) is 11.2. The van der Waals surface area contributed by atoms with E-state index in [0.29, 0.717) is 5.65 Å². The van der Waals surface area contributed by atoms with Gasteiger partial charge in [-0.05, 0) is 23.6 Å². The van der Waals surface area contributed by atoms with Crippen LogP contribution in [0.5, 0.6) is 0 Å². The Hall–Kier alpha value is -1.91. The Labute approximate surface area is 92.7 Å². The molecule has 1 atom stereocenters. The molecule has 0 radical (unpaired) electrons. The number of carboxylic acids is 1. The van der Waals surface area contributed by atoms with E-state index in [0.717, 1.165) is 5.56 Å². The maximum atomic E-state index is 11.2. The van der Waals surface area contributed by atoms with Crippen molar-refractivity contribution in [3.05, 3.63) is 30.2 Å². The fraction of sp³-hybridized carbons (Fsp3) is 0.364. The maximum absolute atomic E-state index is 11.2. The predicted octanol–water partition coefficient (Wildman–Crippen LogP) is 1.55. The normalized spacial score (nSPS) is 13.2. The first-order valence-corrected chi connectivity index (χ1v) is 5.11. The molecule has 1 N–H and O–H groups in total. The van der Waals surface area contributed by atoms with Gasteiger partial charge in [0.2, 0.25) is 0 Å². The molecular weight excluding hydrogens is 206 g/mol. The molecule has 84 valence electrons. The van der Waals surface area contributed by atoms with Crippen molar-refractivity contribution >= 4 is 11.6 Å². The average molecular weight is 219 g/mol. The lowest BCUT2D eigenvalue weighted by molar-refractivity contribution is -0.139. The van der Waals surface area contributed by atoms with Gasteiger partial charge in [-0.15, -0.1) is 10.2 Å². The van der Waals surface area contributed by atoms with Crippen molar-refractivity contribution in [1.82, 2.24) is 14.6 Å². The molecule has 0 aromatic carbocycles. The first-order valence-electron chi connectivity index (χ1n) is 5.11. The third kappa shape index (κ3) is 1.76. The van der Waals surface area contributed by atoms with Crippen LogP contribution in [0, 0.1) is 5.92 Å². The zero-order valence-corrected chi connectivity index (χ0v) is 9.16. The van der Waals surface area contributed by atoms with Crippen molar-refractivity contribution in [1.29, 1.82) is 0 Å². The third-order valence-corrected chi connectivity index (χ3v) is 2.62. The van der Waals surface area contributed by atoms with Gasteiger partial charge in [-0.25, -0.2) is 0 Å². The van der Waals surface area contributed by atoms with E-state index in [-0.39, 0.29) is 5.92 Å². The Kier molecular flexibility index (Phi) is 2.60. The first-order chi connectivity index (χ1) is 7.59. The molecule has 16 heavy (non-hydrogen) atoms. The third-order valence-electron chi connectivity index (χ3n) is 2.62. The van der Waals surface area contributed by atoms with E-state index < -0.39 is 11.9 Å². The van der Waals surface area contributed by atoms with Crippen LogP contribution >= 0.6 is 0 Å². The minimum atomic E-state index is -0.807. The number of rotatable bonds is 3. The van der Waals surface area contributed by atoms with Crippen LogP contribution in [0.4, 0.5) is 0 Å². The number of aromatic nitrogens is 3. The summed E-state index contributed by atoms with van der Waals surface area (Å²) in [5, 5.41) is 16.8. The number of carboxylic acid groups (broad SMARTS) is 1. The second-order valence-electron chi connectivity index (χ2n) is 4.12. The van der Waals surface area contributed by atoms with Crippen LogP contribution in [0.2, 0.25) is 0 Å². The standard InChI is InChI=1S/C11H13N3O2/c1-7(2)10(11(15)16)8-3-4-14-6-12-13-9(14)5-8/h3-7,10H,1-2H3,(H,15,16). The van der Waals surface area contributed by atoms with Crippen molar-refractivity contribution in [3.63, 3.8) is 0 Å². The van der Waals surface area contributed by atoms with Gasteiger partial charge < -0.3 is 5.11 Å². The molecule has 1 unspecified atom stereocenters. The Morgan fingerprint density at radius 1 is 1.50 bits per heavy atom. The zero-order chi connectivity index (χ0) is 11.7. The van der Waals surface area contributed by atoms with Crippen LogP contribution in [0.25, 0.3) is 5.65 Å². The van der Waals surface area contributed by atoms with Crippen molar-refractivity contribution < 1.29 is 9.90 Å². The Morgan fingerprint density at radius 2 is 2.25 bits per heavy atom. The topological polar surface area (TPSA) is 67.5 Å². The molecule has 0 saturated carbocycles. The quantitative estimate of drug-likeness (QED) is 0.850. The van der Waals surface area contributed by atoms with Gasteiger partial charge in [0.15, 0.2) is 5.65 Å². The number of hydrogen-bond acceptors (Lipinski definition) is 3. The van der Waals surface area contributed by atoms with Crippen LogP contribution in [0.1, 0.15) is 25.3 Å². The molecular formula is C11H13N3O2. The smallest absolute Gasteiger partial charge is 0.311 e. The molecule has 5 nitrogen and oxygen atoms in total. The molecule has 0 bridgehead atoms. The summed E-state index contributed by atoms with van der Waals surface area (Å²) >= 11 is 0. The molecule has 2 aromatic rings. The minimum absolute atomic E-state index is 0.0443. The van der Waals surface area contributed by atoms with Gasteiger partial charge >= 0.3 is 5.97 Å². The second kappa shape index (κ2) is 3.92. The molecule has 0 amide bonds. The minimum Gasteiger partial charge on any atom is -0.481 e. The number of nitrogens with zero attached hydrogens (tertiary/aromatic N) is 3. The van der Waals surface area contributed by atoms with Crippen molar-refractivity contribution in [2.75, 3.05) is 0 Å². The van der Waals surface area contributed by atoms with Crippen LogP contribution in [-0.4, -0.2) is 25.7 Å². The lowest BCUT2D eigenvalue weighted by Crippen LogP contribution is -2.17. The second-order valence-corrected chi connectivity index (χ2v) is 4.12. The molecule has 2 heterocycles. The van der Waals surface area contributed by atoms with Gasteiger partial charge in [0, 0.05) is 6.20 Å². The SMILES string of the molecule is CC(C)C(C(=O)O)c1ccn2cnnc2c1. The van der Waals surface area contributed by atoms with E-state index in [9.17, 15) is 9.90 Å². The van der Waals surface area contributed by atoms with E-state index in [2.05, 4.69) is 10.2 Å². The number of pyridine rings is 1. The maximum Gasteiger partial charge on any atom is 0.311 e. The van der Waals surface area contributed by atoms with E-state index in [1.807, 2.05) is 13.8 Å². The number of carbonyl (C=O) groups is 1. The summed E-state index contributed by atoms with van der Waals surface area (Å²) in [5.74, 6) is -1.26. The van der Waals surface area contributed by atoms with Crippen molar-refractivity contribution in [2.24, 2.45) is 5.92 Å². The van der Waals surface area contributed by atoms with Gasteiger partial charge in [-0.3, -0.25) is 9.20 Å². The van der Waals surface area contributed by atoms with Crippen LogP contribution in [0.3, 0.4) is 0 Å². The summed E-state index contributed by atoms with van der Waals surface area (Å²) in [6.07, 6.45) is 3.37. The largest absolute Gasteiger partial charge is 0.481 e. The Morgan fingerprint density at radius 3 is 2.88 bits per heavy atom. The summed E-state index contributed by atoms with van der Waals surface area (Å²) in [6, 6.07) is 3.57. The molecule has 5 heteroatoms. The molecule has 0 saturated heterocycles. The average Bonchev–Trinajstić information content (AvgIpc) is 2.63. The first kappa shape index (κ1) is 10.6. The lowest BCUT2D eigenvalue weighted by atomic mass is 9.89. The highest BCUT2D eigenvalue weighted by molar-refractivity contribution is 5.76. The van der Waals surface area contributed by atoms with E-state index in [1.165, 1.54) is 0 Å². The van der Waals surface area contributed by atoms with Gasteiger partial charge in [0.25, 0.3) is 0 Å². The predicted molar refractivity (Wildman–Crippen MR) is 58.2 cm³/mol. The fourth-order valence-corrected chi connectivity index (χ4v) is 1.84. The van der Waals surface area contributed by atoms with Crippen LogP contribution in [0.15, 0.2) is 24.7 Å². The molecule has 0 aliphatic rings. The summed E-state index contributed by atoms with van der Waals surface area (Å²) < 4.78 is 1.75. The van der Waals surface area contributed by atoms with Gasteiger partial charge in [0.05, 0.1) is 5.92 Å². The highest BCUT2D eigenvalue weighted by Crippen LogP contribution is 2.25. The van der Waals surface area contributed by atoms with Crippen LogP contribution in [-0.2, 0) is 4.79 Å². The van der Waals surface area contributed by atoms with E-state index >= 15 is 0 Å². The molecule has 0 aliphatic heterocycles. The number of aliphatic carboxylic acids is 1. The van der Waals surface area contributed by atoms with Crippen molar-refractivity contribution in [3.8, 4) is 0 Å². The number of hydrogen-bond donors (Lipinski definition) is 1. The monoisotopic (exact) mass is 219 g/mol. The van der Waals surface area contributed by atoms with E-state index in [1.54, 1.807) is 29.1 Å². The highest BCUT2D eigenvalue weighted by atomic mass is 16.4. The molecule has 0 fully saturated rings. The van der Waals surface area contributed by atoms with Crippen LogP contribution < -0.4 is 0 Å². The molecule has 0 spiro atoms. The number of fused-ring (bicyclic) bond motifs is 1. The lowest BCUT2D eigenvalue weighted by Gasteiger charge is -2.16. The molecule has 0 aliphatic carbocycles. The van der Waals surface area contributed by atoms with Gasteiger partial charge in [-0.2, -0.15) is 0 Å². The van der Waals surface area contributed by atoms with Gasteiger partial charge in [0.1, 0.15) is 6.33 Å². The Balaban J connectivity index is 2.48. The van der Waals surface area contributed by atoms with Gasteiger partial charge in [-0.1, -0.05) is 13.8 Å². The fourth-order valence-electron chi connectivity index (χ4n) is 1.84. The van der Waals surface area contributed by atoms with Crippen molar-refractivity contribution in [2.45, 2.75) is 19.8 Å². The summed E-state index contributed by atoms with van der Waals surface area (Å²) in [7, 11) is 0. The highest BCUT2D eigenvalue weighted by Gasteiger charge is 2.23.